The first-order chi connectivity index (χ1) is 12.9. The Labute approximate surface area is 160 Å². The Kier molecular flexibility index (Phi) is 5.05. The zero-order valence-electron chi connectivity index (χ0n) is 15.5. The van der Waals surface area contributed by atoms with E-state index in [0.29, 0.717) is 39.0 Å². The lowest BCUT2D eigenvalue weighted by molar-refractivity contribution is 0.145. The maximum absolute atomic E-state index is 13.5. The number of fused-ring (bicyclic) bond motifs is 1. The van der Waals surface area contributed by atoms with E-state index in [4.69, 9.17) is 0 Å². The van der Waals surface area contributed by atoms with Crippen LogP contribution in [0.1, 0.15) is 29.7 Å². The number of rotatable bonds is 4. The Morgan fingerprint density at radius 1 is 0.963 bits per heavy atom. The predicted molar refractivity (Wildman–Crippen MR) is 105 cm³/mol. The van der Waals surface area contributed by atoms with E-state index in [2.05, 4.69) is 4.90 Å². The van der Waals surface area contributed by atoms with E-state index in [9.17, 15) is 12.8 Å². The summed E-state index contributed by atoms with van der Waals surface area (Å²) in [6.45, 7) is 4.36. The highest BCUT2D eigenvalue weighted by atomic mass is 32.2. The van der Waals surface area contributed by atoms with Crippen molar-refractivity contribution in [3.05, 3.63) is 71.0 Å². The second kappa shape index (κ2) is 7.34. The molecule has 0 spiro atoms. The SMILES string of the molecule is C[C@@H](c1cccc(F)c1)N1CCN(S(=O)(=O)C2Cc3ccccc3C2)CC1. The van der Waals surface area contributed by atoms with E-state index in [1.54, 1.807) is 16.4 Å². The summed E-state index contributed by atoms with van der Waals surface area (Å²) in [5.74, 6) is -0.235. The average molecular weight is 389 g/mol. The van der Waals surface area contributed by atoms with Gasteiger partial charge in [-0.05, 0) is 48.6 Å². The number of halogens is 1. The number of hydrogen-bond acceptors (Lipinski definition) is 3. The number of sulfonamides is 1. The fourth-order valence-corrected chi connectivity index (χ4v) is 6.14. The van der Waals surface area contributed by atoms with Gasteiger partial charge in [0.25, 0.3) is 0 Å². The van der Waals surface area contributed by atoms with Gasteiger partial charge < -0.3 is 0 Å². The summed E-state index contributed by atoms with van der Waals surface area (Å²) in [6, 6.07) is 14.7. The first kappa shape index (κ1) is 18.6. The van der Waals surface area contributed by atoms with Crippen LogP contribution in [0.2, 0.25) is 0 Å². The van der Waals surface area contributed by atoms with Gasteiger partial charge in [-0.1, -0.05) is 36.4 Å². The number of nitrogens with zero attached hydrogens (tertiary/aromatic N) is 2. The summed E-state index contributed by atoms with van der Waals surface area (Å²) in [5.41, 5.74) is 3.24. The minimum atomic E-state index is -3.30. The summed E-state index contributed by atoms with van der Waals surface area (Å²) < 4.78 is 41.4. The van der Waals surface area contributed by atoms with Crippen molar-refractivity contribution in [2.45, 2.75) is 31.1 Å². The number of piperazine rings is 1. The van der Waals surface area contributed by atoms with Crippen molar-refractivity contribution in [2.24, 2.45) is 0 Å². The maximum Gasteiger partial charge on any atom is 0.217 e. The van der Waals surface area contributed by atoms with Gasteiger partial charge in [0.1, 0.15) is 5.82 Å². The van der Waals surface area contributed by atoms with Gasteiger partial charge in [0.05, 0.1) is 5.25 Å². The molecule has 0 bridgehead atoms. The third-order valence-corrected chi connectivity index (χ3v) is 8.21. The van der Waals surface area contributed by atoms with Gasteiger partial charge in [-0.2, -0.15) is 4.31 Å². The van der Waals surface area contributed by atoms with Crippen LogP contribution >= 0.6 is 0 Å². The van der Waals surface area contributed by atoms with Crippen molar-refractivity contribution in [1.82, 2.24) is 9.21 Å². The van der Waals surface area contributed by atoms with E-state index in [-0.39, 0.29) is 17.1 Å². The van der Waals surface area contributed by atoms with Crippen LogP contribution < -0.4 is 0 Å². The van der Waals surface area contributed by atoms with Crippen molar-refractivity contribution in [3.63, 3.8) is 0 Å². The van der Waals surface area contributed by atoms with Gasteiger partial charge in [0.15, 0.2) is 0 Å². The Hall–Kier alpha value is -1.76. The molecular formula is C21H25FN2O2S. The van der Waals surface area contributed by atoms with Crippen molar-refractivity contribution < 1.29 is 12.8 Å². The van der Waals surface area contributed by atoms with Gasteiger partial charge in [-0.15, -0.1) is 0 Å². The van der Waals surface area contributed by atoms with Gasteiger partial charge >= 0.3 is 0 Å². The summed E-state index contributed by atoms with van der Waals surface area (Å²) in [4.78, 5) is 2.23. The van der Waals surface area contributed by atoms with Gasteiger partial charge in [0.2, 0.25) is 10.0 Å². The van der Waals surface area contributed by atoms with Gasteiger partial charge in [-0.3, -0.25) is 4.90 Å². The zero-order valence-corrected chi connectivity index (χ0v) is 16.3. The number of benzene rings is 2. The molecule has 4 nitrogen and oxygen atoms in total. The topological polar surface area (TPSA) is 40.6 Å². The first-order valence-corrected chi connectivity index (χ1v) is 11.0. The fraction of sp³-hybridized carbons (Fsp3) is 0.429. The molecule has 1 aliphatic heterocycles. The van der Waals surface area contributed by atoms with E-state index in [0.717, 1.165) is 16.7 Å². The molecule has 1 aliphatic carbocycles. The average Bonchev–Trinajstić information content (AvgIpc) is 3.13. The van der Waals surface area contributed by atoms with Gasteiger partial charge in [0, 0.05) is 32.2 Å². The van der Waals surface area contributed by atoms with Gasteiger partial charge in [-0.25, -0.2) is 12.8 Å². The van der Waals surface area contributed by atoms with Crippen LogP contribution in [0.3, 0.4) is 0 Å². The van der Waals surface area contributed by atoms with E-state index in [1.807, 2.05) is 37.3 Å². The molecule has 4 rings (SSSR count). The molecule has 0 saturated carbocycles. The van der Waals surface area contributed by atoms with Crippen molar-refractivity contribution in [2.75, 3.05) is 26.2 Å². The van der Waals surface area contributed by atoms with E-state index in [1.165, 1.54) is 6.07 Å². The summed E-state index contributed by atoms with van der Waals surface area (Å²) in [7, 11) is -3.30. The minimum Gasteiger partial charge on any atom is -0.294 e. The number of hydrogen-bond donors (Lipinski definition) is 0. The molecule has 1 fully saturated rings. The Balaban J connectivity index is 1.40. The predicted octanol–water partition coefficient (Wildman–Crippen LogP) is 3.00. The van der Waals surface area contributed by atoms with Crippen molar-refractivity contribution in [1.29, 1.82) is 0 Å². The molecular weight excluding hydrogens is 363 g/mol. The Bertz CT molecular complexity index is 898. The maximum atomic E-state index is 13.5. The standard InChI is InChI=1S/C21H25FN2O2S/c1-16(17-7-4-8-20(22)13-17)23-9-11-24(12-10-23)27(25,26)21-14-18-5-2-3-6-19(18)15-21/h2-8,13,16,21H,9-12,14-15H2,1H3/t16-/m0/s1. The molecule has 2 aromatic rings. The highest BCUT2D eigenvalue weighted by Crippen LogP contribution is 2.29. The van der Waals surface area contributed by atoms with E-state index < -0.39 is 10.0 Å². The second-order valence-electron chi connectivity index (χ2n) is 7.51. The normalized spacial score (nSPS) is 20.5. The lowest BCUT2D eigenvalue weighted by atomic mass is 10.1. The molecule has 6 heteroatoms. The van der Waals surface area contributed by atoms with Crippen LogP contribution in [0.5, 0.6) is 0 Å². The van der Waals surface area contributed by atoms with Crippen molar-refractivity contribution >= 4 is 10.0 Å². The third-order valence-electron chi connectivity index (χ3n) is 5.95. The van der Waals surface area contributed by atoms with Crippen molar-refractivity contribution in [3.8, 4) is 0 Å². The van der Waals surface area contributed by atoms with Crippen LogP contribution in [-0.2, 0) is 22.9 Å². The molecule has 0 aromatic heterocycles. The lowest BCUT2D eigenvalue weighted by Crippen LogP contribution is -2.51. The Morgan fingerprint density at radius 2 is 1.59 bits per heavy atom. The highest BCUT2D eigenvalue weighted by molar-refractivity contribution is 7.89. The molecule has 1 heterocycles. The van der Waals surface area contributed by atoms with Crippen LogP contribution in [0.15, 0.2) is 48.5 Å². The molecule has 0 N–H and O–H groups in total. The van der Waals surface area contributed by atoms with Crippen LogP contribution in [0.4, 0.5) is 4.39 Å². The van der Waals surface area contributed by atoms with Crippen LogP contribution in [0, 0.1) is 5.82 Å². The van der Waals surface area contributed by atoms with E-state index >= 15 is 0 Å². The molecule has 0 radical (unpaired) electrons. The molecule has 2 aromatic carbocycles. The third kappa shape index (κ3) is 3.66. The minimum absolute atomic E-state index is 0.0706. The monoisotopic (exact) mass is 388 g/mol. The summed E-state index contributed by atoms with van der Waals surface area (Å²) in [5, 5.41) is -0.345. The zero-order chi connectivity index (χ0) is 19.0. The molecule has 1 saturated heterocycles. The molecule has 2 aliphatic rings. The largest absolute Gasteiger partial charge is 0.294 e. The summed E-state index contributed by atoms with van der Waals surface area (Å²) >= 11 is 0. The smallest absolute Gasteiger partial charge is 0.217 e. The lowest BCUT2D eigenvalue weighted by Gasteiger charge is -2.38. The second-order valence-corrected chi connectivity index (χ2v) is 9.72. The molecule has 0 amide bonds. The molecule has 1 atom stereocenters. The highest BCUT2D eigenvalue weighted by Gasteiger charge is 2.38. The van der Waals surface area contributed by atoms with Crippen LogP contribution in [-0.4, -0.2) is 49.1 Å². The quantitative estimate of drug-likeness (QED) is 0.809. The molecule has 0 unspecified atom stereocenters. The van der Waals surface area contributed by atoms with Crippen LogP contribution in [0.25, 0.3) is 0 Å². The summed E-state index contributed by atoms with van der Waals surface area (Å²) in [6.07, 6.45) is 1.22. The first-order valence-electron chi connectivity index (χ1n) is 9.50. The molecule has 27 heavy (non-hydrogen) atoms. The molecule has 144 valence electrons. The fourth-order valence-electron chi connectivity index (χ4n) is 4.26. The Morgan fingerprint density at radius 3 is 2.19 bits per heavy atom.